The molecule has 1 rings (SSSR count). The maximum atomic E-state index is 11.6. The summed E-state index contributed by atoms with van der Waals surface area (Å²) in [6.45, 7) is 8.37. The van der Waals surface area contributed by atoms with Crippen LogP contribution in [0, 0.1) is 5.92 Å². The van der Waals surface area contributed by atoms with Gasteiger partial charge in [0.1, 0.15) is 11.9 Å². The highest BCUT2D eigenvalue weighted by atomic mass is 16.5. The Labute approximate surface area is 102 Å². The first-order valence-electron chi connectivity index (χ1n) is 5.98. The molecular weight excluding hydrogens is 220 g/mol. The fourth-order valence-corrected chi connectivity index (χ4v) is 1.53. The zero-order valence-electron chi connectivity index (χ0n) is 10.9. The summed E-state index contributed by atoms with van der Waals surface area (Å²) >= 11 is 0. The minimum atomic E-state index is -0.197. The molecule has 17 heavy (non-hydrogen) atoms. The fraction of sp³-hybridized carbons (Fsp3) is 0.750. The number of hydrogen-bond acceptors (Lipinski definition) is 5. The first kappa shape index (κ1) is 13.8. The molecule has 96 valence electrons. The Balaban J connectivity index is 2.53. The number of rotatable bonds is 7. The van der Waals surface area contributed by atoms with E-state index in [1.807, 2.05) is 27.7 Å². The third kappa shape index (κ3) is 4.65. The molecule has 0 aliphatic rings. The van der Waals surface area contributed by atoms with Crippen molar-refractivity contribution in [1.29, 1.82) is 0 Å². The van der Waals surface area contributed by atoms with Gasteiger partial charge < -0.3 is 9.26 Å². The number of ether oxygens (including phenoxy) is 1. The SMILES string of the molecule is CCOC(C)c1noc(CC(=O)CC(C)C)n1. The second kappa shape index (κ2) is 6.49. The van der Waals surface area contributed by atoms with E-state index in [4.69, 9.17) is 9.26 Å². The van der Waals surface area contributed by atoms with Crippen LogP contribution in [0.4, 0.5) is 0 Å². The van der Waals surface area contributed by atoms with Crippen LogP contribution in [0.3, 0.4) is 0 Å². The van der Waals surface area contributed by atoms with Gasteiger partial charge in [0.25, 0.3) is 0 Å². The molecule has 0 saturated carbocycles. The highest BCUT2D eigenvalue weighted by Gasteiger charge is 2.16. The van der Waals surface area contributed by atoms with Crippen molar-refractivity contribution in [3.8, 4) is 0 Å². The lowest BCUT2D eigenvalue weighted by Gasteiger charge is -2.04. The fourth-order valence-electron chi connectivity index (χ4n) is 1.53. The van der Waals surface area contributed by atoms with Gasteiger partial charge in [-0.1, -0.05) is 19.0 Å². The van der Waals surface area contributed by atoms with Crippen LogP contribution < -0.4 is 0 Å². The molecular formula is C12H20N2O3. The van der Waals surface area contributed by atoms with Crippen LogP contribution in [0.15, 0.2) is 4.52 Å². The third-order valence-corrected chi connectivity index (χ3v) is 2.25. The summed E-state index contributed by atoms with van der Waals surface area (Å²) in [7, 11) is 0. The molecule has 1 aromatic rings. The standard InChI is InChI=1S/C12H20N2O3/c1-5-16-9(4)12-13-11(17-14-12)7-10(15)6-8(2)3/h8-9H,5-7H2,1-4H3. The molecule has 1 aromatic heterocycles. The van der Waals surface area contributed by atoms with Crippen molar-refractivity contribution in [1.82, 2.24) is 10.1 Å². The zero-order valence-corrected chi connectivity index (χ0v) is 10.9. The topological polar surface area (TPSA) is 65.2 Å². The van der Waals surface area contributed by atoms with Crippen molar-refractivity contribution >= 4 is 5.78 Å². The van der Waals surface area contributed by atoms with E-state index in [2.05, 4.69) is 10.1 Å². The van der Waals surface area contributed by atoms with Gasteiger partial charge in [-0.15, -0.1) is 0 Å². The predicted octanol–water partition coefficient (Wildman–Crippen LogP) is 2.32. The number of nitrogens with zero attached hydrogens (tertiary/aromatic N) is 2. The van der Waals surface area contributed by atoms with Gasteiger partial charge in [0.15, 0.2) is 5.82 Å². The normalized spacial score (nSPS) is 13.0. The van der Waals surface area contributed by atoms with E-state index in [1.165, 1.54) is 0 Å². The Morgan fingerprint density at radius 2 is 2.12 bits per heavy atom. The molecule has 0 amide bonds. The van der Waals surface area contributed by atoms with Crippen LogP contribution in [0.1, 0.15) is 51.9 Å². The monoisotopic (exact) mass is 240 g/mol. The summed E-state index contributed by atoms with van der Waals surface area (Å²) in [6.07, 6.45) is 0.556. The first-order valence-corrected chi connectivity index (χ1v) is 5.98. The van der Waals surface area contributed by atoms with Gasteiger partial charge in [-0.05, 0) is 19.8 Å². The van der Waals surface area contributed by atoms with Crippen molar-refractivity contribution < 1.29 is 14.1 Å². The molecule has 1 heterocycles. The van der Waals surface area contributed by atoms with E-state index in [-0.39, 0.29) is 18.3 Å². The van der Waals surface area contributed by atoms with Gasteiger partial charge in [0, 0.05) is 13.0 Å². The molecule has 0 spiro atoms. The lowest BCUT2D eigenvalue weighted by atomic mass is 10.1. The molecule has 0 aliphatic heterocycles. The van der Waals surface area contributed by atoms with Gasteiger partial charge in [-0.2, -0.15) is 4.98 Å². The lowest BCUT2D eigenvalue weighted by Crippen LogP contribution is -2.07. The second-order valence-corrected chi connectivity index (χ2v) is 4.46. The molecule has 0 bridgehead atoms. The van der Waals surface area contributed by atoms with Crippen molar-refractivity contribution in [2.24, 2.45) is 5.92 Å². The Hall–Kier alpha value is -1.23. The molecule has 0 aliphatic carbocycles. The second-order valence-electron chi connectivity index (χ2n) is 4.46. The highest BCUT2D eigenvalue weighted by Crippen LogP contribution is 2.13. The average Bonchev–Trinajstić information content (AvgIpc) is 2.65. The van der Waals surface area contributed by atoms with Crippen molar-refractivity contribution in [3.05, 3.63) is 11.7 Å². The van der Waals surface area contributed by atoms with Gasteiger partial charge >= 0.3 is 0 Å². The molecule has 0 fully saturated rings. The van der Waals surface area contributed by atoms with E-state index in [1.54, 1.807) is 0 Å². The van der Waals surface area contributed by atoms with Gasteiger partial charge in [-0.3, -0.25) is 4.79 Å². The summed E-state index contributed by atoms with van der Waals surface area (Å²) < 4.78 is 10.4. The molecule has 5 nitrogen and oxygen atoms in total. The van der Waals surface area contributed by atoms with Crippen LogP contribution in [-0.4, -0.2) is 22.5 Å². The van der Waals surface area contributed by atoms with Crippen LogP contribution in [0.5, 0.6) is 0 Å². The predicted molar refractivity (Wildman–Crippen MR) is 62.5 cm³/mol. The Kier molecular flexibility index (Phi) is 5.28. The van der Waals surface area contributed by atoms with Gasteiger partial charge in [0.2, 0.25) is 5.89 Å². The average molecular weight is 240 g/mol. The zero-order chi connectivity index (χ0) is 12.8. The van der Waals surface area contributed by atoms with Gasteiger partial charge in [-0.25, -0.2) is 0 Å². The minimum absolute atomic E-state index is 0.124. The Morgan fingerprint density at radius 1 is 1.41 bits per heavy atom. The van der Waals surface area contributed by atoms with E-state index in [0.717, 1.165) is 0 Å². The summed E-state index contributed by atoms with van der Waals surface area (Å²) in [4.78, 5) is 15.7. The molecule has 0 radical (unpaired) electrons. The number of carbonyl (C=O) groups excluding carboxylic acids is 1. The number of hydrogen-bond donors (Lipinski definition) is 0. The molecule has 0 N–H and O–H groups in total. The van der Waals surface area contributed by atoms with Crippen LogP contribution >= 0.6 is 0 Å². The van der Waals surface area contributed by atoms with Crippen LogP contribution in [-0.2, 0) is 16.0 Å². The van der Waals surface area contributed by atoms with Crippen LogP contribution in [0.25, 0.3) is 0 Å². The molecule has 5 heteroatoms. The smallest absolute Gasteiger partial charge is 0.234 e. The minimum Gasteiger partial charge on any atom is -0.371 e. The number of carbonyl (C=O) groups is 1. The summed E-state index contributed by atoms with van der Waals surface area (Å²) in [6, 6.07) is 0. The maximum absolute atomic E-state index is 11.6. The first-order chi connectivity index (χ1) is 8.02. The van der Waals surface area contributed by atoms with E-state index in [9.17, 15) is 4.79 Å². The van der Waals surface area contributed by atoms with Crippen molar-refractivity contribution in [2.45, 2.75) is 46.6 Å². The van der Waals surface area contributed by atoms with E-state index >= 15 is 0 Å². The highest BCUT2D eigenvalue weighted by molar-refractivity contribution is 5.80. The molecule has 0 saturated heterocycles. The number of Topliss-reactive ketones (excluding diaryl/α,β-unsaturated/α-hetero) is 1. The lowest BCUT2D eigenvalue weighted by molar-refractivity contribution is -0.119. The Morgan fingerprint density at radius 3 is 2.71 bits per heavy atom. The molecule has 0 aromatic carbocycles. The number of ketones is 1. The third-order valence-electron chi connectivity index (χ3n) is 2.25. The summed E-state index contributed by atoms with van der Waals surface area (Å²) in [5.41, 5.74) is 0. The summed E-state index contributed by atoms with van der Waals surface area (Å²) in [5.74, 6) is 1.35. The van der Waals surface area contributed by atoms with E-state index in [0.29, 0.717) is 30.7 Å². The van der Waals surface area contributed by atoms with E-state index < -0.39 is 0 Å². The summed E-state index contributed by atoms with van der Waals surface area (Å²) in [5, 5.41) is 3.80. The Bertz CT molecular complexity index is 360. The quantitative estimate of drug-likeness (QED) is 0.731. The molecule has 1 unspecified atom stereocenters. The van der Waals surface area contributed by atoms with Crippen LogP contribution in [0.2, 0.25) is 0 Å². The molecule has 1 atom stereocenters. The largest absolute Gasteiger partial charge is 0.371 e. The van der Waals surface area contributed by atoms with Gasteiger partial charge in [0.05, 0.1) is 6.42 Å². The van der Waals surface area contributed by atoms with Crippen molar-refractivity contribution in [3.63, 3.8) is 0 Å². The maximum Gasteiger partial charge on any atom is 0.234 e. The van der Waals surface area contributed by atoms with Crippen molar-refractivity contribution in [2.75, 3.05) is 6.61 Å². The number of aromatic nitrogens is 2.